The minimum Gasteiger partial charge on any atom is -0.504 e. The fourth-order valence-corrected chi connectivity index (χ4v) is 3.87. The molecule has 2 atom stereocenters. The lowest BCUT2D eigenvalue weighted by Crippen LogP contribution is -2.55. The van der Waals surface area contributed by atoms with E-state index in [-0.39, 0.29) is 17.5 Å². The van der Waals surface area contributed by atoms with Crippen LogP contribution in [0.2, 0.25) is 0 Å². The van der Waals surface area contributed by atoms with E-state index in [9.17, 15) is 5.11 Å². The second kappa shape index (κ2) is 7.77. The van der Waals surface area contributed by atoms with Gasteiger partial charge in [0.2, 0.25) is 0 Å². The van der Waals surface area contributed by atoms with Crippen molar-refractivity contribution in [1.82, 2.24) is 4.90 Å². The molecule has 0 amide bonds. The van der Waals surface area contributed by atoms with E-state index in [0.29, 0.717) is 18.8 Å². The van der Waals surface area contributed by atoms with Gasteiger partial charge in [0.15, 0.2) is 11.5 Å². The Kier molecular flexibility index (Phi) is 5.67. The van der Waals surface area contributed by atoms with Crippen molar-refractivity contribution in [2.24, 2.45) is 0 Å². The maximum atomic E-state index is 10.3. The van der Waals surface area contributed by atoms with Crippen LogP contribution in [-0.4, -0.2) is 55.1 Å². The topological polar surface area (TPSA) is 51.2 Å². The molecule has 2 fully saturated rings. The number of benzene rings is 1. The van der Waals surface area contributed by atoms with Crippen LogP contribution in [0, 0.1) is 0 Å². The van der Waals surface area contributed by atoms with Crippen molar-refractivity contribution in [1.29, 1.82) is 0 Å². The molecule has 1 aromatic carbocycles. The van der Waals surface area contributed by atoms with Crippen molar-refractivity contribution in [3.05, 3.63) is 35.9 Å². The van der Waals surface area contributed by atoms with Gasteiger partial charge in [-0.2, -0.15) is 0 Å². The molecule has 0 unspecified atom stereocenters. The van der Waals surface area contributed by atoms with Crippen LogP contribution >= 0.6 is 0 Å². The summed E-state index contributed by atoms with van der Waals surface area (Å²) in [6.07, 6.45) is 4.61. The van der Waals surface area contributed by atoms with E-state index in [0.717, 1.165) is 50.2 Å². The van der Waals surface area contributed by atoms with Crippen molar-refractivity contribution in [2.75, 3.05) is 33.4 Å². The highest BCUT2D eigenvalue weighted by molar-refractivity contribution is 5.49. The zero-order valence-electron chi connectivity index (χ0n) is 15.3. The van der Waals surface area contributed by atoms with Gasteiger partial charge < -0.3 is 19.3 Å². The van der Waals surface area contributed by atoms with Gasteiger partial charge >= 0.3 is 0 Å². The van der Waals surface area contributed by atoms with E-state index < -0.39 is 0 Å². The summed E-state index contributed by atoms with van der Waals surface area (Å²) in [7, 11) is 1.59. The van der Waals surface area contributed by atoms with Crippen LogP contribution in [-0.2, 0) is 22.4 Å². The average molecular weight is 347 g/mol. The third-order valence-corrected chi connectivity index (χ3v) is 5.12. The van der Waals surface area contributed by atoms with E-state index in [1.54, 1.807) is 13.2 Å². The zero-order valence-corrected chi connectivity index (χ0v) is 15.3. The molecule has 25 heavy (non-hydrogen) atoms. The van der Waals surface area contributed by atoms with Crippen LogP contribution in [0.4, 0.5) is 0 Å². The second-order valence-corrected chi connectivity index (χ2v) is 7.10. The molecule has 0 aromatic heterocycles. The minimum atomic E-state index is -0.163. The van der Waals surface area contributed by atoms with Crippen LogP contribution in [0.5, 0.6) is 11.5 Å². The molecule has 1 aromatic rings. The van der Waals surface area contributed by atoms with Crippen LogP contribution in [0.15, 0.2) is 24.8 Å². The highest BCUT2D eigenvalue weighted by atomic mass is 16.6. The van der Waals surface area contributed by atoms with Gasteiger partial charge in [-0.25, -0.2) is 0 Å². The molecule has 0 saturated carbocycles. The number of hydrogen-bond acceptors (Lipinski definition) is 5. The Balaban J connectivity index is 1.80. The summed E-state index contributed by atoms with van der Waals surface area (Å²) in [5.74, 6) is 0.730. The minimum absolute atomic E-state index is 0.163. The lowest BCUT2D eigenvalue weighted by molar-refractivity contribution is -0.156. The Bertz CT molecular complexity index is 610. The van der Waals surface area contributed by atoms with Crippen molar-refractivity contribution >= 4 is 0 Å². The third kappa shape index (κ3) is 4.00. The van der Waals surface area contributed by atoms with Crippen LogP contribution in [0.3, 0.4) is 0 Å². The summed E-state index contributed by atoms with van der Waals surface area (Å²) in [6.45, 7) is 10.0. The molecule has 0 radical (unpaired) electrons. The maximum absolute atomic E-state index is 10.3. The van der Waals surface area contributed by atoms with Crippen LogP contribution < -0.4 is 4.74 Å². The Labute approximate surface area is 150 Å². The first kappa shape index (κ1) is 18.2. The van der Waals surface area contributed by atoms with Gasteiger partial charge in [0, 0.05) is 38.2 Å². The fraction of sp³-hybridized carbons (Fsp3) is 0.600. The smallest absolute Gasteiger partial charge is 0.161 e. The quantitative estimate of drug-likeness (QED) is 0.802. The molecule has 5 heteroatoms. The number of ether oxygens (including phenoxy) is 3. The first-order chi connectivity index (χ1) is 12.1. The fourth-order valence-electron chi connectivity index (χ4n) is 3.87. The van der Waals surface area contributed by atoms with Crippen molar-refractivity contribution in [2.45, 2.75) is 44.4 Å². The molecule has 1 spiro atoms. The number of aromatic hydroxyl groups is 1. The molecule has 2 heterocycles. The molecule has 1 N–H and O–H groups in total. The Hall–Kier alpha value is -1.56. The number of methoxy groups -OCH3 is 1. The lowest BCUT2D eigenvalue weighted by atomic mass is 9.97. The number of allylic oxidation sites excluding steroid dienone is 1. The second-order valence-electron chi connectivity index (χ2n) is 7.10. The van der Waals surface area contributed by atoms with E-state index in [4.69, 9.17) is 14.2 Å². The zero-order chi connectivity index (χ0) is 17.9. The highest BCUT2D eigenvalue weighted by Crippen LogP contribution is 2.35. The van der Waals surface area contributed by atoms with Crippen LogP contribution in [0.25, 0.3) is 0 Å². The number of phenols is 1. The lowest BCUT2D eigenvalue weighted by Gasteiger charge is -2.43. The first-order valence-corrected chi connectivity index (χ1v) is 9.06. The molecular formula is C20H29NO4. The number of morpholine rings is 1. The highest BCUT2D eigenvalue weighted by Gasteiger charge is 2.43. The SMILES string of the molecule is C=CCc1cc(CN2C[C@@H](CC)O[C@@]3(CCOC3)C2)cc(OC)c1O. The Morgan fingerprint density at radius 2 is 2.32 bits per heavy atom. The van der Waals surface area contributed by atoms with Crippen molar-refractivity contribution < 1.29 is 19.3 Å². The Morgan fingerprint density at radius 3 is 2.96 bits per heavy atom. The van der Waals surface area contributed by atoms with Gasteiger partial charge in [0.1, 0.15) is 5.60 Å². The maximum Gasteiger partial charge on any atom is 0.161 e. The predicted molar refractivity (Wildman–Crippen MR) is 97.2 cm³/mol. The van der Waals surface area contributed by atoms with E-state index in [2.05, 4.69) is 18.4 Å². The van der Waals surface area contributed by atoms with E-state index in [1.807, 2.05) is 12.1 Å². The van der Waals surface area contributed by atoms with Gasteiger partial charge in [0.05, 0.1) is 19.8 Å². The molecule has 2 saturated heterocycles. The van der Waals surface area contributed by atoms with Crippen molar-refractivity contribution in [3.8, 4) is 11.5 Å². The van der Waals surface area contributed by atoms with Gasteiger partial charge in [-0.05, 0) is 24.5 Å². The van der Waals surface area contributed by atoms with E-state index >= 15 is 0 Å². The number of nitrogens with zero attached hydrogens (tertiary/aromatic N) is 1. The summed E-state index contributed by atoms with van der Waals surface area (Å²) in [5.41, 5.74) is 1.82. The molecule has 0 aliphatic carbocycles. The van der Waals surface area contributed by atoms with Crippen LogP contribution in [0.1, 0.15) is 30.9 Å². The van der Waals surface area contributed by atoms with Crippen molar-refractivity contribution in [3.63, 3.8) is 0 Å². The molecular weight excluding hydrogens is 318 g/mol. The van der Waals surface area contributed by atoms with Gasteiger partial charge in [-0.3, -0.25) is 4.90 Å². The summed E-state index contributed by atoms with van der Waals surface area (Å²) in [6, 6.07) is 3.98. The number of phenolic OH excluding ortho intramolecular Hbond substituents is 1. The van der Waals surface area contributed by atoms with Gasteiger partial charge in [-0.15, -0.1) is 6.58 Å². The largest absolute Gasteiger partial charge is 0.504 e. The molecule has 5 nitrogen and oxygen atoms in total. The summed E-state index contributed by atoms with van der Waals surface area (Å²) >= 11 is 0. The summed E-state index contributed by atoms with van der Waals surface area (Å²) in [5, 5.41) is 10.3. The number of hydrogen-bond donors (Lipinski definition) is 1. The van der Waals surface area contributed by atoms with Gasteiger partial charge in [0.25, 0.3) is 0 Å². The number of rotatable bonds is 6. The normalized spacial score (nSPS) is 26.9. The summed E-state index contributed by atoms with van der Waals surface area (Å²) < 4.78 is 17.3. The summed E-state index contributed by atoms with van der Waals surface area (Å²) in [4.78, 5) is 2.44. The molecule has 2 aliphatic rings. The van der Waals surface area contributed by atoms with E-state index in [1.165, 1.54) is 0 Å². The van der Waals surface area contributed by atoms with Gasteiger partial charge in [-0.1, -0.05) is 19.1 Å². The molecule has 2 aliphatic heterocycles. The molecule has 138 valence electrons. The predicted octanol–water partition coefficient (Wildman–Crippen LogP) is 2.90. The standard InChI is InChI=1S/C20H29NO4/c1-4-6-16-9-15(10-18(23-3)19(16)22)11-21-12-17(5-2)25-20(13-21)7-8-24-14-20/h4,9-10,17,22H,1,5-8,11-14H2,2-3H3/t17-,20+/m1/s1. The first-order valence-electron chi connectivity index (χ1n) is 9.06. The molecule has 3 rings (SSSR count). The average Bonchev–Trinajstić information content (AvgIpc) is 3.04. The monoisotopic (exact) mass is 347 g/mol. The Morgan fingerprint density at radius 1 is 1.48 bits per heavy atom. The third-order valence-electron chi connectivity index (χ3n) is 5.12. The molecule has 0 bridgehead atoms.